The summed E-state index contributed by atoms with van der Waals surface area (Å²) in [6, 6.07) is 12.0. The van der Waals surface area contributed by atoms with Gasteiger partial charge in [-0.05, 0) is 42.8 Å². The molecular weight excluding hydrogens is 286 g/mol. The van der Waals surface area contributed by atoms with Gasteiger partial charge in [-0.2, -0.15) is 5.26 Å². The highest BCUT2D eigenvalue weighted by atomic mass is 35.5. The number of nitriles is 1. The van der Waals surface area contributed by atoms with Gasteiger partial charge in [-0.1, -0.05) is 24.9 Å². The molecule has 0 aliphatic heterocycles. The number of anilines is 1. The number of nitrogens with zero attached hydrogens (tertiary/aromatic N) is 2. The monoisotopic (exact) mass is 299 g/mol. The zero-order chi connectivity index (χ0) is 15.2. The van der Waals surface area contributed by atoms with E-state index in [4.69, 9.17) is 16.9 Å². The van der Waals surface area contributed by atoms with Gasteiger partial charge in [-0.25, -0.2) is 4.98 Å². The average Bonchev–Trinajstić information content (AvgIpc) is 2.48. The third-order valence-electron chi connectivity index (χ3n) is 2.89. The Labute approximate surface area is 128 Å². The minimum absolute atomic E-state index is 0.249. The van der Waals surface area contributed by atoms with Crippen molar-refractivity contribution in [3.8, 4) is 6.07 Å². The topological polar surface area (TPSA) is 65.8 Å². The number of hydrogen-bond donors (Lipinski definition) is 1. The largest absolute Gasteiger partial charge is 0.322 e. The second-order valence-electron chi connectivity index (χ2n) is 4.56. The lowest BCUT2D eigenvalue weighted by Gasteiger charge is -2.07. The number of aromatic nitrogens is 1. The van der Waals surface area contributed by atoms with E-state index in [0.717, 1.165) is 18.5 Å². The summed E-state index contributed by atoms with van der Waals surface area (Å²) in [5.74, 6) is -0.249. The number of carbonyl (C=O) groups is 1. The third-order valence-corrected chi connectivity index (χ3v) is 3.08. The van der Waals surface area contributed by atoms with Gasteiger partial charge in [0.1, 0.15) is 5.15 Å². The summed E-state index contributed by atoms with van der Waals surface area (Å²) in [6.07, 6.45) is 1.71. The fourth-order valence-corrected chi connectivity index (χ4v) is 2.12. The first-order valence-corrected chi connectivity index (χ1v) is 6.98. The van der Waals surface area contributed by atoms with Crippen LogP contribution in [0, 0.1) is 11.3 Å². The Morgan fingerprint density at radius 3 is 2.67 bits per heavy atom. The number of aryl methyl sites for hydroxylation is 1. The van der Waals surface area contributed by atoms with Crippen molar-refractivity contribution in [2.24, 2.45) is 0 Å². The van der Waals surface area contributed by atoms with Crippen molar-refractivity contribution in [1.29, 1.82) is 5.26 Å². The lowest BCUT2D eigenvalue weighted by atomic mass is 10.1. The van der Waals surface area contributed by atoms with Crippen LogP contribution < -0.4 is 5.32 Å². The Balaban J connectivity index is 2.17. The Morgan fingerprint density at radius 1 is 1.33 bits per heavy atom. The number of halogens is 1. The van der Waals surface area contributed by atoms with E-state index < -0.39 is 0 Å². The normalized spacial score (nSPS) is 9.95. The predicted molar refractivity (Wildman–Crippen MR) is 82.4 cm³/mol. The van der Waals surface area contributed by atoms with Gasteiger partial charge in [0, 0.05) is 16.9 Å². The fraction of sp³-hybridized carbons (Fsp3) is 0.188. The standard InChI is InChI=1S/C16H14ClN3O/c1-2-3-14-8-12(9-15(17)19-14)16(21)20-13-6-4-11(10-18)5-7-13/h4-9H,2-3H2,1H3,(H,20,21). The van der Waals surface area contributed by atoms with Crippen LogP contribution in [0.25, 0.3) is 0 Å². The lowest BCUT2D eigenvalue weighted by molar-refractivity contribution is 0.102. The summed E-state index contributed by atoms with van der Waals surface area (Å²) in [4.78, 5) is 16.4. The molecule has 0 saturated carbocycles. The van der Waals surface area contributed by atoms with E-state index in [2.05, 4.69) is 10.3 Å². The molecule has 0 aliphatic carbocycles. The zero-order valence-corrected chi connectivity index (χ0v) is 12.3. The van der Waals surface area contributed by atoms with Gasteiger partial charge in [0.25, 0.3) is 5.91 Å². The van der Waals surface area contributed by atoms with Crippen LogP contribution >= 0.6 is 11.6 Å². The summed E-state index contributed by atoms with van der Waals surface area (Å²) in [5.41, 5.74) is 2.45. The Kier molecular flexibility index (Phi) is 4.91. The maximum absolute atomic E-state index is 12.2. The molecule has 0 aliphatic rings. The maximum Gasteiger partial charge on any atom is 0.255 e. The van der Waals surface area contributed by atoms with Gasteiger partial charge >= 0.3 is 0 Å². The van der Waals surface area contributed by atoms with E-state index in [0.29, 0.717) is 22.0 Å². The van der Waals surface area contributed by atoms with Crippen LogP contribution in [0.5, 0.6) is 0 Å². The molecular formula is C16H14ClN3O. The highest BCUT2D eigenvalue weighted by molar-refractivity contribution is 6.29. The highest BCUT2D eigenvalue weighted by Gasteiger charge is 2.09. The smallest absolute Gasteiger partial charge is 0.255 e. The molecule has 0 radical (unpaired) electrons. The maximum atomic E-state index is 12.2. The SMILES string of the molecule is CCCc1cc(C(=O)Nc2ccc(C#N)cc2)cc(Cl)n1. The van der Waals surface area contributed by atoms with E-state index >= 15 is 0 Å². The number of nitrogens with one attached hydrogen (secondary N) is 1. The molecule has 1 amide bonds. The fourth-order valence-electron chi connectivity index (χ4n) is 1.90. The molecule has 0 saturated heterocycles. The van der Waals surface area contributed by atoms with Crippen LogP contribution in [0.15, 0.2) is 36.4 Å². The molecule has 2 aromatic rings. The highest BCUT2D eigenvalue weighted by Crippen LogP contribution is 2.15. The first-order chi connectivity index (χ1) is 10.1. The molecule has 0 spiro atoms. The second-order valence-corrected chi connectivity index (χ2v) is 4.95. The predicted octanol–water partition coefficient (Wildman–Crippen LogP) is 3.81. The van der Waals surface area contributed by atoms with Crippen molar-refractivity contribution >= 4 is 23.2 Å². The number of rotatable bonds is 4. The molecule has 21 heavy (non-hydrogen) atoms. The van der Waals surface area contributed by atoms with Crippen LogP contribution in [0.1, 0.15) is 35.0 Å². The van der Waals surface area contributed by atoms with E-state index in [-0.39, 0.29) is 5.91 Å². The van der Waals surface area contributed by atoms with Crippen molar-refractivity contribution in [3.63, 3.8) is 0 Å². The van der Waals surface area contributed by atoms with Crippen LogP contribution in [0.2, 0.25) is 5.15 Å². The molecule has 4 nitrogen and oxygen atoms in total. The molecule has 1 heterocycles. The van der Waals surface area contributed by atoms with E-state index in [1.54, 1.807) is 36.4 Å². The van der Waals surface area contributed by atoms with Crippen molar-refractivity contribution in [2.45, 2.75) is 19.8 Å². The Bertz CT molecular complexity index is 690. The molecule has 106 valence electrons. The summed E-state index contributed by atoms with van der Waals surface area (Å²) in [5, 5.41) is 11.8. The quantitative estimate of drug-likeness (QED) is 0.873. The number of hydrogen-bond acceptors (Lipinski definition) is 3. The lowest BCUT2D eigenvalue weighted by Crippen LogP contribution is -2.12. The van der Waals surface area contributed by atoms with Gasteiger partial charge < -0.3 is 5.32 Å². The number of pyridine rings is 1. The second kappa shape index (κ2) is 6.87. The number of carbonyl (C=O) groups excluding carboxylic acids is 1. The third kappa shape index (κ3) is 4.04. The molecule has 1 N–H and O–H groups in total. The van der Waals surface area contributed by atoms with Crippen molar-refractivity contribution in [2.75, 3.05) is 5.32 Å². The summed E-state index contributed by atoms with van der Waals surface area (Å²) in [6.45, 7) is 2.04. The molecule has 0 unspecified atom stereocenters. The first-order valence-electron chi connectivity index (χ1n) is 6.60. The molecule has 0 bridgehead atoms. The van der Waals surface area contributed by atoms with E-state index in [1.807, 2.05) is 13.0 Å². The van der Waals surface area contributed by atoms with E-state index in [1.165, 1.54) is 0 Å². The van der Waals surface area contributed by atoms with Crippen LogP contribution in [-0.2, 0) is 6.42 Å². The first kappa shape index (κ1) is 15.0. The van der Waals surface area contributed by atoms with Crippen molar-refractivity contribution in [1.82, 2.24) is 4.98 Å². The average molecular weight is 300 g/mol. The van der Waals surface area contributed by atoms with Gasteiger partial charge in [-0.15, -0.1) is 0 Å². The minimum atomic E-state index is -0.249. The van der Waals surface area contributed by atoms with Gasteiger partial charge in [-0.3, -0.25) is 4.79 Å². The van der Waals surface area contributed by atoms with Crippen LogP contribution in [0.4, 0.5) is 5.69 Å². The molecule has 2 rings (SSSR count). The van der Waals surface area contributed by atoms with E-state index in [9.17, 15) is 4.79 Å². The van der Waals surface area contributed by atoms with Crippen LogP contribution in [-0.4, -0.2) is 10.9 Å². The molecule has 1 aromatic carbocycles. The Morgan fingerprint density at radius 2 is 2.05 bits per heavy atom. The summed E-state index contributed by atoms with van der Waals surface area (Å²) in [7, 11) is 0. The Hall–Kier alpha value is -2.38. The van der Waals surface area contributed by atoms with Crippen molar-refractivity contribution in [3.05, 3.63) is 58.4 Å². The molecule has 0 fully saturated rings. The number of benzene rings is 1. The number of amides is 1. The van der Waals surface area contributed by atoms with Gasteiger partial charge in [0.05, 0.1) is 11.6 Å². The van der Waals surface area contributed by atoms with Gasteiger partial charge in [0.2, 0.25) is 0 Å². The minimum Gasteiger partial charge on any atom is -0.322 e. The summed E-state index contributed by atoms with van der Waals surface area (Å²) >= 11 is 5.95. The molecule has 0 atom stereocenters. The van der Waals surface area contributed by atoms with Crippen molar-refractivity contribution < 1.29 is 4.79 Å². The summed E-state index contributed by atoms with van der Waals surface area (Å²) < 4.78 is 0. The zero-order valence-electron chi connectivity index (χ0n) is 11.6. The van der Waals surface area contributed by atoms with Gasteiger partial charge in [0.15, 0.2) is 0 Å². The molecule has 5 heteroatoms. The van der Waals surface area contributed by atoms with Crippen LogP contribution in [0.3, 0.4) is 0 Å². The molecule has 1 aromatic heterocycles.